The maximum Gasteiger partial charge on any atom is 0.187 e. The lowest BCUT2D eigenvalue weighted by Crippen LogP contribution is -2.34. The molecule has 3 nitrogen and oxygen atoms in total. The average molecular weight is 505 g/mol. The minimum absolute atomic E-state index is 0.0687. The minimum Gasteiger partial charge on any atom is -0.375 e. The van der Waals surface area contributed by atoms with Crippen LogP contribution in [0.5, 0.6) is 0 Å². The summed E-state index contributed by atoms with van der Waals surface area (Å²) in [6, 6.07) is 16.8. The molecule has 0 bridgehead atoms. The number of thiocarbonyl (C=S) groups is 1. The Balaban J connectivity index is 1.72. The van der Waals surface area contributed by atoms with Crippen LogP contribution < -0.4 is 5.73 Å². The largest absolute Gasteiger partial charge is 0.375 e. The number of hydrazone groups is 1. The van der Waals surface area contributed by atoms with Gasteiger partial charge in [-0.25, -0.2) is 5.01 Å². The van der Waals surface area contributed by atoms with E-state index in [4.69, 9.17) is 23.1 Å². The van der Waals surface area contributed by atoms with Crippen molar-refractivity contribution >= 4 is 61.0 Å². The van der Waals surface area contributed by atoms with Gasteiger partial charge in [0.2, 0.25) is 0 Å². The summed E-state index contributed by atoms with van der Waals surface area (Å²) in [6.07, 6.45) is 5.52. The Labute approximate surface area is 181 Å². The molecule has 2 aromatic rings. The average Bonchev–Trinajstić information content (AvgIpc) is 3.05. The van der Waals surface area contributed by atoms with Crippen molar-refractivity contribution in [1.29, 1.82) is 0 Å². The Morgan fingerprint density at radius 2 is 1.70 bits per heavy atom. The van der Waals surface area contributed by atoms with Gasteiger partial charge in [-0.3, -0.25) is 0 Å². The SMILES string of the molecule is NC(=S)N1N=C2/C(=C\c3ccc(Br)cc3)CCC[C@@H]2[C@@H]1c1ccc(Br)cc1. The second kappa shape index (κ2) is 7.86. The van der Waals surface area contributed by atoms with Gasteiger partial charge < -0.3 is 5.73 Å². The third-order valence-corrected chi connectivity index (χ3v) is 6.39. The molecule has 0 spiro atoms. The summed E-state index contributed by atoms with van der Waals surface area (Å²) in [5, 5.41) is 7.04. The Bertz CT molecular complexity index is 919. The van der Waals surface area contributed by atoms with Gasteiger partial charge in [0, 0.05) is 14.9 Å². The van der Waals surface area contributed by atoms with Crippen molar-refractivity contribution in [2.75, 3.05) is 0 Å². The summed E-state index contributed by atoms with van der Waals surface area (Å²) in [7, 11) is 0. The Morgan fingerprint density at radius 1 is 1.07 bits per heavy atom. The van der Waals surface area contributed by atoms with Crippen LogP contribution in [0.25, 0.3) is 6.08 Å². The van der Waals surface area contributed by atoms with E-state index < -0.39 is 0 Å². The maximum atomic E-state index is 6.04. The molecule has 0 amide bonds. The highest BCUT2D eigenvalue weighted by Gasteiger charge is 2.42. The predicted octanol–water partition coefficient (Wildman–Crippen LogP) is 6.05. The third kappa shape index (κ3) is 3.89. The highest BCUT2D eigenvalue weighted by Crippen LogP contribution is 2.44. The Hall–Kier alpha value is -1.50. The normalized spacial score (nSPS) is 23.3. The molecule has 1 aliphatic carbocycles. The monoisotopic (exact) mass is 503 g/mol. The van der Waals surface area contributed by atoms with E-state index in [1.165, 1.54) is 16.7 Å². The Kier molecular flexibility index (Phi) is 5.48. The van der Waals surface area contributed by atoms with Crippen molar-refractivity contribution < 1.29 is 0 Å². The number of allylic oxidation sites excluding steroid dienone is 1. The van der Waals surface area contributed by atoms with Gasteiger partial charge in [-0.1, -0.05) is 56.1 Å². The van der Waals surface area contributed by atoms with E-state index in [0.717, 1.165) is 33.9 Å². The van der Waals surface area contributed by atoms with Crippen LogP contribution in [0.3, 0.4) is 0 Å². The molecular weight excluding hydrogens is 486 g/mol. The fourth-order valence-corrected chi connectivity index (χ4v) is 4.62. The van der Waals surface area contributed by atoms with Crippen molar-refractivity contribution in [2.45, 2.75) is 25.3 Å². The number of fused-ring (bicyclic) bond motifs is 1. The van der Waals surface area contributed by atoms with Crippen molar-refractivity contribution in [2.24, 2.45) is 16.8 Å². The highest BCUT2D eigenvalue weighted by molar-refractivity contribution is 9.10. The number of halogens is 2. The lowest BCUT2D eigenvalue weighted by Gasteiger charge is -2.29. The molecule has 1 fully saturated rings. The van der Waals surface area contributed by atoms with Gasteiger partial charge in [0.05, 0.1) is 11.8 Å². The zero-order chi connectivity index (χ0) is 19.0. The second-order valence-corrected chi connectivity index (χ2v) is 9.13. The smallest absolute Gasteiger partial charge is 0.187 e. The van der Waals surface area contributed by atoms with Crippen LogP contribution >= 0.6 is 44.1 Å². The van der Waals surface area contributed by atoms with Gasteiger partial charge in [-0.2, -0.15) is 5.10 Å². The third-order valence-electron chi connectivity index (χ3n) is 5.15. The minimum atomic E-state index is 0.0687. The lowest BCUT2D eigenvalue weighted by molar-refractivity contribution is 0.305. The fraction of sp³-hybridized carbons (Fsp3) is 0.238. The number of hydrogen-bond donors (Lipinski definition) is 1. The number of benzene rings is 2. The van der Waals surface area contributed by atoms with Gasteiger partial charge in [-0.05, 0) is 78.5 Å². The van der Waals surface area contributed by atoms with E-state index in [-0.39, 0.29) is 6.04 Å². The molecule has 0 unspecified atom stereocenters. The van der Waals surface area contributed by atoms with E-state index in [2.05, 4.69) is 86.5 Å². The van der Waals surface area contributed by atoms with E-state index in [1.807, 2.05) is 5.01 Å². The van der Waals surface area contributed by atoms with E-state index in [0.29, 0.717) is 11.0 Å². The highest BCUT2D eigenvalue weighted by atomic mass is 79.9. The molecular formula is C21H19Br2N3S. The fourth-order valence-electron chi connectivity index (χ4n) is 3.94. The Morgan fingerprint density at radius 3 is 2.33 bits per heavy atom. The summed E-state index contributed by atoms with van der Waals surface area (Å²) < 4.78 is 2.14. The van der Waals surface area contributed by atoms with Crippen LogP contribution in [0, 0.1) is 5.92 Å². The lowest BCUT2D eigenvalue weighted by atomic mass is 9.77. The molecule has 0 radical (unpaired) electrons. The first kappa shape index (κ1) is 18.8. The van der Waals surface area contributed by atoms with E-state index in [9.17, 15) is 0 Å². The maximum absolute atomic E-state index is 6.04. The molecule has 27 heavy (non-hydrogen) atoms. The molecule has 4 rings (SSSR count). The summed E-state index contributed by atoms with van der Waals surface area (Å²) in [6.45, 7) is 0. The van der Waals surface area contributed by atoms with Gasteiger partial charge in [0.15, 0.2) is 5.11 Å². The van der Waals surface area contributed by atoms with Gasteiger partial charge in [-0.15, -0.1) is 0 Å². The van der Waals surface area contributed by atoms with E-state index >= 15 is 0 Å². The first-order valence-corrected chi connectivity index (χ1v) is 10.9. The van der Waals surface area contributed by atoms with Gasteiger partial charge in [0.25, 0.3) is 0 Å². The summed E-state index contributed by atoms with van der Waals surface area (Å²) in [4.78, 5) is 0. The standard InChI is InChI=1S/C21H19Br2N3S/c22-16-8-4-13(5-9-16)12-15-2-1-3-18-19(15)25-26(21(24)27)20(18)14-6-10-17(23)11-7-14/h4-12,18,20H,1-3H2,(H2,24,27)/b15-12-/t18-,20-/m0/s1. The summed E-state index contributed by atoms with van der Waals surface area (Å²) >= 11 is 12.3. The molecule has 2 aromatic carbocycles. The molecule has 1 heterocycles. The summed E-state index contributed by atoms with van der Waals surface area (Å²) in [5.41, 5.74) is 10.8. The van der Waals surface area contributed by atoms with Crippen molar-refractivity contribution in [3.05, 3.63) is 74.2 Å². The van der Waals surface area contributed by atoms with Crippen molar-refractivity contribution in [3.63, 3.8) is 0 Å². The quantitative estimate of drug-likeness (QED) is 0.506. The number of nitrogens with two attached hydrogens (primary N) is 1. The predicted molar refractivity (Wildman–Crippen MR) is 122 cm³/mol. The number of hydrogen-bond acceptors (Lipinski definition) is 2. The second-order valence-electron chi connectivity index (χ2n) is 6.88. The number of nitrogens with zero attached hydrogens (tertiary/aromatic N) is 2. The molecule has 1 saturated carbocycles. The molecule has 2 N–H and O–H groups in total. The molecule has 0 saturated heterocycles. The van der Waals surface area contributed by atoms with Crippen molar-refractivity contribution in [1.82, 2.24) is 5.01 Å². The van der Waals surface area contributed by atoms with Crippen LogP contribution in [0.2, 0.25) is 0 Å². The topological polar surface area (TPSA) is 41.6 Å². The first-order chi connectivity index (χ1) is 13.0. The zero-order valence-corrected chi connectivity index (χ0v) is 18.6. The number of rotatable bonds is 2. The molecule has 2 aliphatic rings. The zero-order valence-electron chi connectivity index (χ0n) is 14.6. The molecule has 2 atom stereocenters. The first-order valence-electron chi connectivity index (χ1n) is 8.92. The van der Waals surface area contributed by atoms with Crippen LogP contribution in [-0.2, 0) is 0 Å². The van der Waals surface area contributed by atoms with E-state index in [1.54, 1.807) is 0 Å². The molecule has 0 aromatic heterocycles. The molecule has 6 heteroatoms. The molecule has 1 aliphatic heterocycles. The van der Waals surface area contributed by atoms with Crippen LogP contribution in [0.1, 0.15) is 36.4 Å². The van der Waals surface area contributed by atoms with Crippen LogP contribution in [-0.4, -0.2) is 15.8 Å². The van der Waals surface area contributed by atoms with Gasteiger partial charge >= 0.3 is 0 Å². The van der Waals surface area contributed by atoms with Crippen molar-refractivity contribution in [3.8, 4) is 0 Å². The van der Waals surface area contributed by atoms with Crippen LogP contribution in [0.15, 0.2) is 68.2 Å². The summed E-state index contributed by atoms with van der Waals surface area (Å²) in [5.74, 6) is 0.308. The van der Waals surface area contributed by atoms with Gasteiger partial charge in [0.1, 0.15) is 0 Å². The molecule has 138 valence electrons. The van der Waals surface area contributed by atoms with Crippen LogP contribution in [0.4, 0.5) is 0 Å².